The molecule has 0 bridgehead atoms. The average molecular weight is 713 g/mol. The number of carboxylic acid groups (broad SMARTS) is 1. The van der Waals surface area contributed by atoms with E-state index in [4.69, 9.17) is 29.4 Å². The summed E-state index contributed by atoms with van der Waals surface area (Å²) < 4.78 is 98.2. The molecule has 0 aliphatic heterocycles. The fourth-order valence-corrected chi connectivity index (χ4v) is 4.57. The van der Waals surface area contributed by atoms with Crippen LogP contribution in [-0.2, 0) is 34.8 Å². The molecular formula is C31H42F6N4O8. The van der Waals surface area contributed by atoms with Crippen molar-refractivity contribution in [1.29, 1.82) is 0 Å². The number of carboxylic acids is 1. The summed E-state index contributed by atoms with van der Waals surface area (Å²) in [6.45, 7) is 4.19. The normalized spacial score (nSPS) is 11.1. The summed E-state index contributed by atoms with van der Waals surface area (Å²) in [6, 6.07) is 5.47. The van der Waals surface area contributed by atoms with Gasteiger partial charge < -0.3 is 41.0 Å². The predicted octanol–water partition coefficient (Wildman–Crippen LogP) is 7.46. The first kappa shape index (κ1) is 44.4. The summed E-state index contributed by atoms with van der Waals surface area (Å²) in [4.78, 5) is 21.2. The zero-order valence-corrected chi connectivity index (χ0v) is 26.2. The Morgan fingerprint density at radius 1 is 0.776 bits per heavy atom. The predicted molar refractivity (Wildman–Crippen MR) is 168 cm³/mol. The number of carbonyl (C=O) groups is 2. The van der Waals surface area contributed by atoms with Crippen molar-refractivity contribution in [2.75, 3.05) is 13.2 Å². The van der Waals surface area contributed by atoms with Gasteiger partial charge in [0.25, 0.3) is 0 Å². The summed E-state index contributed by atoms with van der Waals surface area (Å²) in [7, 11) is 0. The first-order valence-corrected chi connectivity index (χ1v) is 14.4. The van der Waals surface area contributed by atoms with Crippen molar-refractivity contribution in [2.45, 2.75) is 85.0 Å². The number of alkyl halides is 6. The van der Waals surface area contributed by atoms with Gasteiger partial charge in [-0.05, 0) is 49.9 Å². The van der Waals surface area contributed by atoms with Gasteiger partial charge in [-0.2, -0.15) is 26.3 Å². The molecule has 0 aliphatic carbocycles. The van der Waals surface area contributed by atoms with E-state index in [0.717, 1.165) is 0 Å². The number of hydrogen-bond donors (Lipinski definition) is 3. The molecule has 0 radical (unpaired) electrons. The minimum atomic E-state index is -4.58. The molecule has 4 aromatic rings. The largest absolute Gasteiger partial charge is 0.493 e. The molecule has 8 N–H and O–H groups in total. The van der Waals surface area contributed by atoms with Crippen molar-refractivity contribution in [3.8, 4) is 11.5 Å². The lowest BCUT2D eigenvalue weighted by Gasteiger charge is -2.11. The molecule has 0 saturated carbocycles. The van der Waals surface area contributed by atoms with Crippen molar-refractivity contribution < 1.29 is 65.0 Å². The Morgan fingerprint density at radius 2 is 1.16 bits per heavy atom. The van der Waals surface area contributed by atoms with Crippen molar-refractivity contribution >= 4 is 33.8 Å². The monoisotopic (exact) mass is 712 g/mol. The lowest BCUT2D eigenvalue weighted by Crippen LogP contribution is -2.12. The Hall–Kier alpha value is -4.58. The number of hydrogen-bond acceptors (Lipinski definition) is 9. The third-order valence-electron chi connectivity index (χ3n) is 6.56. The molecule has 1 amide bonds. The van der Waals surface area contributed by atoms with Gasteiger partial charge in [0.1, 0.15) is 11.5 Å². The number of primary amides is 1. The highest BCUT2D eigenvalue weighted by atomic mass is 19.4. The molecule has 0 unspecified atom stereocenters. The van der Waals surface area contributed by atoms with Crippen LogP contribution >= 0.6 is 0 Å². The van der Waals surface area contributed by atoms with E-state index in [-0.39, 0.29) is 67.0 Å². The second-order valence-electron chi connectivity index (χ2n) is 10.2. The molecule has 276 valence electrons. The second-order valence-corrected chi connectivity index (χ2v) is 10.2. The van der Waals surface area contributed by atoms with E-state index in [1.165, 1.54) is 24.3 Å². The zero-order valence-electron chi connectivity index (χ0n) is 26.2. The van der Waals surface area contributed by atoms with Gasteiger partial charge in [-0.25, -0.2) is 0 Å². The lowest BCUT2D eigenvalue weighted by molar-refractivity contribution is -0.142. The van der Waals surface area contributed by atoms with E-state index in [9.17, 15) is 35.9 Å². The zero-order chi connectivity index (χ0) is 34.1. The molecule has 4 rings (SSSR count). The summed E-state index contributed by atoms with van der Waals surface area (Å²) in [5, 5.41) is 14.7. The lowest BCUT2D eigenvalue weighted by atomic mass is 10.0. The topological polar surface area (TPSA) is 217 Å². The van der Waals surface area contributed by atoms with E-state index in [1.54, 1.807) is 0 Å². The number of aromatic nitrogens is 2. The van der Waals surface area contributed by atoms with Crippen LogP contribution in [0.5, 0.6) is 11.5 Å². The van der Waals surface area contributed by atoms with E-state index < -0.39 is 35.6 Å². The average Bonchev–Trinajstić information content (AvgIpc) is 3.61. The highest BCUT2D eigenvalue weighted by Gasteiger charge is 2.38. The van der Waals surface area contributed by atoms with Crippen molar-refractivity contribution in [3.63, 3.8) is 0 Å². The molecule has 2 aromatic heterocycles. The van der Waals surface area contributed by atoms with Gasteiger partial charge in [0.15, 0.2) is 22.6 Å². The number of nitrogens with zero attached hydrogens (tertiary/aromatic N) is 2. The van der Waals surface area contributed by atoms with E-state index >= 15 is 0 Å². The molecule has 2 aromatic carbocycles. The molecule has 2 heterocycles. The summed E-state index contributed by atoms with van der Waals surface area (Å²) in [6.07, 6.45) is -5.90. The summed E-state index contributed by atoms with van der Waals surface area (Å²) in [5.74, 6) is -0.519. The van der Waals surface area contributed by atoms with Crippen LogP contribution in [0.4, 0.5) is 26.3 Å². The fraction of sp³-hybridized carbons (Fsp3) is 0.484. The quantitative estimate of drug-likeness (QED) is 0.0865. The number of aryl methyl sites for hydroxylation is 2. The first-order valence-electron chi connectivity index (χ1n) is 14.4. The smallest absolute Gasteiger partial charge is 0.437 e. The van der Waals surface area contributed by atoms with Crippen LogP contribution in [-0.4, -0.2) is 46.0 Å². The van der Waals surface area contributed by atoms with Crippen LogP contribution in [0.25, 0.3) is 21.9 Å². The molecule has 0 fully saturated rings. The molecule has 0 saturated heterocycles. The third kappa shape index (κ3) is 11.8. The highest BCUT2D eigenvalue weighted by Crippen LogP contribution is 2.39. The van der Waals surface area contributed by atoms with Crippen LogP contribution in [0.15, 0.2) is 33.3 Å². The number of carbonyl (C=O) groups excluding carboxylic acids is 1. The SMILES string of the molecule is C.CCCc1c(OCCCC(=O)O)ccc2c(C(F)(F)F)noc12.CCCc1c(OCCCC(N)=O)ccc2c(C(F)(F)F)noc12.N.O. The van der Waals surface area contributed by atoms with E-state index in [0.29, 0.717) is 61.2 Å². The molecule has 12 nitrogen and oxygen atoms in total. The number of benzene rings is 2. The van der Waals surface area contributed by atoms with Gasteiger partial charge >= 0.3 is 18.3 Å². The molecule has 0 atom stereocenters. The third-order valence-corrected chi connectivity index (χ3v) is 6.56. The number of ether oxygens (including phenoxy) is 2. The summed E-state index contributed by atoms with van der Waals surface area (Å²) >= 11 is 0. The molecule has 49 heavy (non-hydrogen) atoms. The van der Waals surface area contributed by atoms with Gasteiger partial charge in [-0.3, -0.25) is 9.59 Å². The number of rotatable bonds is 14. The van der Waals surface area contributed by atoms with E-state index in [2.05, 4.69) is 10.3 Å². The Morgan fingerprint density at radius 3 is 1.49 bits per heavy atom. The second kappa shape index (κ2) is 19.4. The fourth-order valence-electron chi connectivity index (χ4n) is 4.57. The molecule has 0 spiro atoms. The van der Waals surface area contributed by atoms with Crippen LogP contribution in [0.3, 0.4) is 0 Å². The van der Waals surface area contributed by atoms with Gasteiger partial charge in [0, 0.05) is 24.0 Å². The Balaban J connectivity index is 0.000000886. The van der Waals surface area contributed by atoms with Gasteiger partial charge in [-0.15, -0.1) is 0 Å². The molecule has 0 aliphatic rings. The maximum atomic E-state index is 12.9. The van der Waals surface area contributed by atoms with Crippen LogP contribution in [0, 0.1) is 0 Å². The van der Waals surface area contributed by atoms with Crippen molar-refractivity contribution in [2.24, 2.45) is 5.73 Å². The van der Waals surface area contributed by atoms with Gasteiger partial charge in [-0.1, -0.05) is 44.4 Å². The van der Waals surface area contributed by atoms with Crippen molar-refractivity contribution in [3.05, 3.63) is 46.8 Å². The minimum Gasteiger partial charge on any atom is -0.493 e. The van der Waals surface area contributed by atoms with Gasteiger partial charge in [0.05, 0.1) is 24.0 Å². The highest BCUT2D eigenvalue weighted by molar-refractivity contribution is 5.86. The number of halogens is 6. The maximum Gasteiger partial charge on any atom is 0.437 e. The number of aliphatic carboxylic acids is 1. The Labute approximate surface area is 277 Å². The molecule has 18 heteroatoms. The number of amides is 1. The van der Waals surface area contributed by atoms with Crippen LogP contribution in [0.1, 0.15) is 82.3 Å². The number of nitrogens with two attached hydrogens (primary N) is 1. The minimum absolute atomic E-state index is 0. The Bertz CT molecular complexity index is 1520. The van der Waals surface area contributed by atoms with Crippen molar-refractivity contribution in [1.82, 2.24) is 16.5 Å². The van der Waals surface area contributed by atoms with E-state index in [1.807, 2.05) is 13.8 Å². The molecular weight excluding hydrogens is 670 g/mol. The first-order chi connectivity index (χ1) is 21.7. The van der Waals surface area contributed by atoms with Crippen LogP contribution < -0.4 is 21.4 Å². The maximum absolute atomic E-state index is 12.9. The van der Waals surface area contributed by atoms with Crippen LogP contribution in [0.2, 0.25) is 0 Å². The standard InChI is InChI=1S/C15H17F3N2O3.C15H16F3NO4.CH4.H3N.H2O/c1-2-4-9-11(22-8-3-5-12(19)21)7-6-10-13(9)23-20-14(10)15(16,17)18;1-2-4-9-11(22-8-3-5-12(20)21)7-6-10-13(9)23-19-14(10)15(16,17)18;;;/h6-7H,2-5,8H2,1H3,(H2,19,21);6-7H,2-5,8H2,1H3,(H,20,21);1H4;1H3;1H2. The summed E-state index contributed by atoms with van der Waals surface area (Å²) in [5.41, 5.74) is 4.17. The Kier molecular flexibility index (Phi) is 17.6. The van der Waals surface area contributed by atoms with Gasteiger partial charge in [0.2, 0.25) is 5.91 Å². The number of fused-ring (bicyclic) bond motifs is 2.